The first-order valence-electron chi connectivity index (χ1n) is 10.4. The fourth-order valence-corrected chi connectivity index (χ4v) is 6.81. The van der Waals surface area contributed by atoms with Crippen molar-refractivity contribution in [3.8, 4) is 0 Å². The van der Waals surface area contributed by atoms with Gasteiger partial charge in [-0.15, -0.1) is 0 Å². The SMILES string of the molecule is CC(=O)O[C@H]1C[C@@H]2[C@@]3(C)C[C@H](c4ccoc4)OC(=O)[C@H]3CC[C@]23COC(=O)[C@@H]3C1. The average molecular weight is 402 g/mol. The fraction of sp³-hybridized carbons (Fsp3) is 0.682. The zero-order chi connectivity index (χ0) is 20.4. The molecule has 4 fully saturated rings. The van der Waals surface area contributed by atoms with Gasteiger partial charge in [0.25, 0.3) is 0 Å². The van der Waals surface area contributed by atoms with Gasteiger partial charge in [-0.25, -0.2) is 0 Å². The molecule has 1 spiro atoms. The van der Waals surface area contributed by atoms with E-state index in [1.54, 1.807) is 12.5 Å². The molecule has 0 radical (unpaired) electrons. The maximum absolute atomic E-state index is 13.0. The van der Waals surface area contributed by atoms with Gasteiger partial charge in [0.2, 0.25) is 0 Å². The monoisotopic (exact) mass is 402 g/mol. The van der Waals surface area contributed by atoms with Crippen LogP contribution in [0.2, 0.25) is 0 Å². The predicted octanol–water partition coefficient (Wildman–Crippen LogP) is 3.19. The van der Waals surface area contributed by atoms with E-state index in [0.29, 0.717) is 32.3 Å². The number of hydrogen-bond donors (Lipinski definition) is 0. The van der Waals surface area contributed by atoms with E-state index in [9.17, 15) is 14.4 Å². The number of esters is 3. The second-order valence-electron chi connectivity index (χ2n) is 9.43. The van der Waals surface area contributed by atoms with Crippen LogP contribution in [0.5, 0.6) is 0 Å². The quantitative estimate of drug-likeness (QED) is 0.554. The Kier molecular flexibility index (Phi) is 4.09. The zero-order valence-electron chi connectivity index (χ0n) is 16.7. The Hall–Kier alpha value is -2.31. The molecule has 0 aromatic carbocycles. The van der Waals surface area contributed by atoms with Gasteiger partial charge in [-0.3, -0.25) is 14.4 Å². The molecule has 0 amide bonds. The van der Waals surface area contributed by atoms with Crippen LogP contribution in [-0.2, 0) is 28.6 Å². The molecule has 29 heavy (non-hydrogen) atoms. The van der Waals surface area contributed by atoms with Crippen molar-refractivity contribution < 1.29 is 33.0 Å². The van der Waals surface area contributed by atoms with Crippen molar-refractivity contribution in [2.75, 3.05) is 6.61 Å². The molecule has 2 aliphatic carbocycles. The Morgan fingerprint density at radius 3 is 2.76 bits per heavy atom. The maximum atomic E-state index is 13.0. The summed E-state index contributed by atoms with van der Waals surface area (Å²) < 4.78 is 22.1. The summed E-state index contributed by atoms with van der Waals surface area (Å²) in [5.74, 6) is -1.20. The number of furan rings is 1. The molecule has 0 bridgehead atoms. The molecule has 7 atom stereocenters. The minimum Gasteiger partial charge on any atom is -0.472 e. The van der Waals surface area contributed by atoms with E-state index in [2.05, 4.69) is 6.92 Å². The van der Waals surface area contributed by atoms with Crippen LogP contribution in [-0.4, -0.2) is 30.6 Å². The van der Waals surface area contributed by atoms with Crippen LogP contribution < -0.4 is 0 Å². The number of cyclic esters (lactones) is 2. The van der Waals surface area contributed by atoms with Gasteiger partial charge < -0.3 is 18.6 Å². The smallest absolute Gasteiger partial charge is 0.310 e. The molecular formula is C22H26O7. The van der Waals surface area contributed by atoms with Crippen LogP contribution in [0.1, 0.15) is 57.6 Å². The van der Waals surface area contributed by atoms with Crippen LogP contribution in [0.15, 0.2) is 23.0 Å². The van der Waals surface area contributed by atoms with Crippen LogP contribution >= 0.6 is 0 Å². The summed E-state index contributed by atoms with van der Waals surface area (Å²) in [6.07, 6.45) is 5.75. The summed E-state index contributed by atoms with van der Waals surface area (Å²) in [6, 6.07) is 1.83. The lowest BCUT2D eigenvalue weighted by Crippen LogP contribution is -2.60. The normalized spacial score (nSPS) is 43.4. The lowest BCUT2D eigenvalue weighted by molar-refractivity contribution is -0.208. The standard InChI is InChI=1S/C22H26O7/c1-12(23)28-14-7-16-19(24)27-11-22(16)5-3-15-20(25)29-17(13-4-6-26-10-13)9-21(15,2)18(22)8-14/h4,6,10,14-18H,3,5,7-9,11H2,1-2H3/t14-,15-,16+,17-,18-,21+,22-/m1/s1. The molecule has 0 unspecified atom stereocenters. The van der Waals surface area contributed by atoms with Crippen molar-refractivity contribution in [2.24, 2.45) is 28.6 Å². The third kappa shape index (κ3) is 2.66. The third-order valence-corrected chi connectivity index (χ3v) is 8.06. The van der Waals surface area contributed by atoms with Crippen molar-refractivity contribution in [2.45, 2.75) is 58.2 Å². The molecule has 7 heteroatoms. The molecule has 1 aromatic heterocycles. The van der Waals surface area contributed by atoms with Gasteiger partial charge in [-0.1, -0.05) is 6.92 Å². The molecule has 0 N–H and O–H groups in total. The summed E-state index contributed by atoms with van der Waals surface area (Å²) in [5.41, 5.74) is 0.179. The molecular weight excluding hydrogens is 376 g/mol. The second kappa shape index (κ2) is 6.34. The summed E-state index contributed by atoms with van der Waals surface area (Å²) in [6.45, 7) is 3.93. The summed E-state index contributed by atoms with van der Waals surface area (Å²) in [4.78, 5) is 37.2. The summed E-state index contributed by atoms with van der Waals surface area (Å²) in [7, 11) is 0. The minimum atomic E-state index is -0.374. The van der Waals surface area contributed by atoms with Crippen molar-refractivity contribution in [1.82, 2.24) is 0 Å². The molecule has 2 aliphatic heterocycles. The molecule has 7 nitrogen and oxygen atoms in total. The number of ether oxygens (including phenoxy) is 3. The van der Waals surface area contributed by atoms with Crippen molar-refractivity contribution in [3.05, 3.63) is 24.2 Å². The first-order valence-corrected chi connectivity index (χ1v) is 10.4. The van der Waals surface area contributed by atoms with E-state index < -0.39 is 0 Å². The van der Waals surface area contributed by atoms with Gasteiger partial charge in [0.15, 0.2) is 0 Å². The Morgan fingerprint density at radius 2 is 2.03 bits per heavy atom. The van der Waals surface area contributed by atoms with Crippen molar-refractivity contribution in [3.63, 3.8) is 0 Å². The predicted molar refractivity (Wildman–Crippen MR) is 98.1 cm³/mol. The van der Waals surface area contributed by atoms with Gasteiger partial charge in [0.05, 0.1) is 31.0 Å². The highest BCUT2D eigenvalue weighted by atomic mass is 16.6. The molecule has 2 saturated carbocycles. The summed E-state index contributed by atoms with van der Waals surface area (Å²) >= 11 is 0. The molecule has 2 saturated heterocycles. The number of fused-ring (bicyclic) bond motifs is 2. The van der Waals surface area contributed by atoms with Crippen LogP contribution in [0.25, 0.3) is 0 Å². The Labute approximate surface area is 169 Å². The van der Waals surface area contributed by atoms with E-state index >= 15 is 0 Å². The van der Waals surface area contributed by atoms with Gasteiger partial charge in [-0.05, 0) is 49.5 Å². The minimum absolute atomic E-state index is 0.0329. The average Bonchev–Trinajstić information content (AvgIpc) is 3.29. The first kappa shape index (κ1) is 18.7. The number of hydrogen-bond acceptors (Lipinski definition) is 7. The highest BCUT2D eigenvalue weighted by Crippen LogP contribution is 2.67. The lowest BCUT2D eigenvalue weighted by atomic mass is 9.43. The van der Waals surface area contributed by atoms with E-state index in [1.807, 2.05) is 6.07 Å². The Balaban J connectivity index is 1.54. The molecule has 156 valence electrons. The van der Waals surface area contributed by atoms with Crippen LogP contribution in [0, 0.1) is 28.6 Å². The van der Waals surface area contributed by atoms with E-state index in [1.165, 1.54) is 6.92 Å². The van der Waals surface area contributed by atoms with Crippen molar-refractivity contribution >= 4 is 17.9 Å². The largest absolute Gasteiger partial charge is 0.472 e. The molecule has 5 rings (SSSR count). The van der Waals surface area contributed by atoms with Gasteiger partial charge in [-0.2, -0.15) is 0 Å². The Morgan fingerprint density at radius 1 is 1.21 bits per heavy atom. The van der Waals surface area contributed by atoms with Gasteiger partial charge >= 0.3 is 17.9 Å². The fourth-order valence-electron chi connectivity index (χ4n) is 6.81. The van der Waals surface area contributed by atoms with Crippen molar-refractivity contribution in [1.29, 1.82) is 0 Å². The highest BCUT2D eigenvalue weighted by molar-refractivity contribution is 5.78. The second-order valence-corrected chi connectivity index (χ2v) is 9.43. The van der Waals surface area contributed by atoms with E-state index in [-0.39, 0.29) is 58.7 Å². The summed E-state index contributed by atoms with van der Waals surface area (Å²) in [5, 5.41) is 0. The van der Waals surface area contributed by atoms with E-state index in [4.69, 9.17) is 18.6 Å². The van der Waals surface area contributed by atoms with Crippen LogP contribution in [0.4, 0.5) is 0 Å². The zero-order valence-corrected chi connectivity index (χ0v) is 16.7. The number of carbonyl (C=O) groups is 3. The lowest BCUT2D eigenvalue weighted by Gasteiger charge is -2.60. The number of carbonyl (C=O) groups excluding carboxylic acids is 3. The van der Waals surface area contributed by atoms with E-state index in [0.717, 1.165) is 12.0 Å². The first-order chi connectivity index (χ1) is 13.8. The van der Waals surface area contributed by atoms with Gasteiger partial charge in [0, 0.05) is 17.9 Å². The topological polar surface area (TPSA) is 92.0 Å². The molecule has 4 aliphatic rings. The molecule has 3 heterocycles. The number of rotatable bonds is 2. The highest BCUT2D eigenvalue weighted by Gasteiger charge is 2.68. The molecule has 1 aromatic rings. The van der Waals surface area contributed by atoms with Gasteiger partial charge in [0.1, 0.15) is 12.2 Å². The van der Waals surface area contributed by atoms with Crippen LogP contribution in [0.3, 0.4) is 0 Å². The third-order valence-electron chi connectivity index (χ3n) is 8.06. The maximum Gasteiger partial charge on any atom is 0.310 e. The Bertz CT molecular complexity index is 845.